The number of aromatic nitrogens is 5. The molecule has 0 N–H and O–H groups in total. The average Bonchev–Trinajstić information content (AvgIpc) is 3.04. The Morgan fingerprint density at radius 1 is 1.14 bits per heavy atom. The van der Waals surface area contributed by atoms with E-state index in [0.29, 0.717) is 17.4 Å². The van der Waals surface area contributed by atoms with E-state index in [0.717, 1.165) is 16.8 Å². The van der Waals surface area contributed by atoms with E-state index in [-0.39, 0.29) is 6.04 Å². The molecule has 0 fully saturated rings. The van der Waals surface area contributed by atoms with E-state index in [4.69, 9.17) is 11.6 Å². The zero-order valence-electron chi connectivity index (χ0n) is 11.5. The Bertz CT molecular complexity index is 825. The molecule has 0 saturated carbocycles. The summed E-state index contributed by atoms with van der Waals surface area (Å²) in [6, 6.07) is 11.6. The van der Waals surface area contributed by atoms with Gasteiger partial charge in [0.2, 0.25) is 0 Å². The second kappa shape index (κ2) is 5.31. The number of tetrazole rings is 1. The maximum absolute atomic E-state index is 5.95. The van der Waals surface area contributed by atoms with E-state index >= 15 is 0 Å². The van der Waals surface area contributed by atoms with Crippen molar-refractivity contribution < 1.29 is 0 Å². The van der Waals surface area contributed by atoms with Crippen molar-refractivity contribution in [2.24, 2.45) is 4.99 Å². The number of aliphatic imine (C=N–C) groups is 1. The monoisotopic (exact) mass is 310 g/mol. The van der Waals surface area contributed by atoms with Crippen LogP contribution >= 0.6 is 11.6 Å². The number of benzene rings is 1. The Morgan fingerprint density at radius 2 is 2.00 bits per heavy atom. The Kier molecular flexibility index (Phi) is 3.16. The lowest BCUT2D eigenvalue weighted by Crippen LogP contribution is -2.21. The van der Waals surface area contributed by atoms with Gasteiger partial charge in [-0.3, -0.25) is 4.98 Å². The quantitative estimate of drug-likeness (QED) is 0.730. The molecular weight excluding hydrogens is 300 g/mol. The molecule has 1 aromatic carbocycles. The van der Waals surface area contributed by atoms with E-state index in [1.165, 1.54) is 0 Å². The fourth-order valence-corrected chi connectivity index (χ4v) is 2.68. The molecule has 1 aliphatic heterocycles. The molecule has 6 nitrogen and oxygen atoms in total. The van der Waals surface area contributed by atoms with Crippen LogP contribution in [0.5, 0.6) is 0 Å². The minimum Gasteiger partial charge on any atom is -0.264 e. The second-order valence-corrected chi connectivity index (χ2v) is 5.43. The van der Waals surface area contributed by atoms with Crippen LogP contribution in [0.3, 0.4) is 0 Å². The first-order chi connectivity index (χ1) is 10.8. The molecule has 1 aliphatic rings. The van der Waals surface area contributed by atoms with Gasteiger partial charge in [0.1, 0.15) is 0 Å². The number of nitrogens with zero attached hydrogens (tertiary/aromatic N) is 6. The fraction of sp³-hybridized carbons (Fsp3) is 0.133. The van der Waals surface area contributed by atoms with Crippen LogP contribution in [0.4, 0.5) is 5.95 Å². The Labute approximate surface area is 131 Å². The molecule has 0 amide bonds. The van der Waals surface area contributed by atoms with Crippen molar-refractivity contribution in [2.75, 3.05) is 0 Å². The highest BCUT2D eigenvalue weighted by Crippen LogP contribution is 2.31. The predicted octanol–water partition coefficient (Wildman–Crippen LogP) is 2.84. The van der Waals surface area contributed by atoms with Gasteiger partial charge >= 0.3 is 0 Å². The minimum atomic E-state index is -0.0121. The Hall–Kier alpha value is -2.60. The highest BCUT2D eigenvalue weighted by atomic mass is 35.5. The summed E-state index contributed by atoms with van der Waals surface area (Å²) in [4.78, 5) is 8.75. The third-order valence-electron chi connectivity index (χ3n) is 3.64. The van der Waals surface area contributed by atoms with Gasteiger partial charge in [-0.25, -0.2) is 9.67 Å². The molecule has 1 unspecified atom stereocenters. The summed E-state index contributed by atoms with van der Waals surface area (Å²) < 4.78 is 1.73. The van der Waals surface area contributed by atoms with Crippen molar-refractivity contribution in [3.05, 3.63) is 64.9 Å². The first-order valence-corrected chi connectivity index (χ1v) is 7.20. The number of pyridine rings is 1. The molecule has 3 heterocycles. The average molecular weight is 311 g/mol. The third kappa shape index (κ3) is 2.27. The molecule has 22 heavy (non-hydrogen) atoms. The van der Waals surface area contributed by atoms with Gasteiger partial charge in [0.25, 0.3) is 5.95 Å². The van der Waals surface area contributed by atoms with Gasteiger partial charge in [-0.2, -0.15) is 0 Å². The molecule has 1 atom stereocenters. The van der Waals surface area contributed by atoms with Crippen LogP contribution in [0, 0.1) is 0 Å². The zero-order valence-corrected chi connectivity index (χ0v) is 12.2. The minimum absolute atomic E-state index is 0.0121. The number of hydrogen-bond donors (Lipinski definition) is 0. The van der Waals surface area contributed by atoms with Crippen molar-refractivity contribution in [3.8, 4) is 0 Å². The van der Waals surface area contributed by atoms with Crippen LogP contribution in [0.2, 0.25) is 5.02 Å². The normalized spacial score (nSPS) is 17.0. The zero-order chi connectivity index (χ0) is 14.9. The topological polar surface area (TPSA) is 68.8 Å². The van der Waals surface area contributed by atoms with Crippen molar-refractivity contribution in [1.29, 1.82) is 0 Å². The number of halogens is 1. The molecule has 4 rings (SSSR count). The lowest BCUT2D eigenvalue weighted by molar-refractivity contribution is 0.513. The summed E-state index contributed by atoms with van der Waals surface area (Å²) >= 11 is 5.95. The summed E-state index contributed by atoms with van der Waals surface area (Å²) in [6.45, 7) is 0. The molecule has 0 radical (unpaired) electrons. The van der Waals surface area contributed by atoms with Gasteiger partial charge in [-0.1, -0.05) is 34.9 Å². The highest BCUT2D eigenvalue weighted by molar-refractivity contribution is 6.30. The Morgan fingerprint density at radius 3 is 2.77 bits per heavy atom. The molecule has 2 aromatic heterocycles. The Balaban J connectivity index is 1.78. The van der Waals surface area contributed by atoms with Gasteiger partial charge in [-0.05, 0) is 39.8 Å². The van der Waals surface area contributed by atoms with E-state index in [9.17, 15) is 0 Å². The summed E-state index contributed by atoms with van der Waals surface area (Å²) in [5, 5.41) is 12.5. The summed E-state index contributed by atoms with van der Waals surface area (Å²) in [6.07, 6.45) is 4.29. The molecule has 108 valence electrons. The van der Waals surface area contributed by atoms with Gasteiger partial charge in [0.05, 0.1) is 11.8 Å². The van der Waals surface area contributed by atoms with Crippen LogP contribution in [-0.4, -0.2) is 30.9 Å². The second-order valence-electron chi connectivity index (χ2n) is 5.00. The molecule has 0 spiro atoms. The van der Waals surface area contributed by atoms with Crippen LogP contribution in [-0.2, 0) is 0 Å². The van der Waals surface area contributed by atoms with Crippen LogP contribution < -0.4 is 0 Å². The first-order valence-electron chi connectivity index (χ1n) is 6.82. The van der Waals surface area contributed by atoms with Crippen molar-refractivity contribution in [2.45, 2.75) is 12.5 Å². The van der Waals surface area contributed by atoms with Gasteiger partial charge in [0, 0.05) is 23.8 Å². The fourth-order valence-electron chi connectivity index (χ4n) is 2.56. The number of fused-ring (bicyclic) bond motifs is 1. The van der Waals surface area contributed by atoms with Gasteiger partial charge in [-0.15, -0.1) is 0 Å². The summed E-state index contributed by atoms with van der Waals surface area (Å²) in [5.74, 6) is 0.505. The van der Waals surface area contributed by atoms with Gasteiger partial charge < -0.3 is 0 Å². The van der Waals surface area contributed by atoms with E-state index < -0.39 is 0 Å². The van der Waals surface area contributed by atoms with Crippen LogP contribution in [0.15, 0.2) is 53.8 Å². The maximum Gasteiger partial charge on any atom is 0.269 e. The molecule has 0 aliphatic carbocycles. The molecule has 7 heteroatoms. The number of rotatable bonds is 2. The predicted molar refractivity (Wildman–Crippen MR) is 82.5 cm³/mol. The van der Waals surface area contributed by atoms with Crippen molar-refractivity contribution >= 4 is 23.3 Å². The van der Waals surface area contributed by atoms with Gasteiger partial charge in [0.15, 0.2) is 0 Å². The molecule has 0 bridgehead atoms. The lowest BCUT2D eigenvalue weighted by Gasteiger charge is -2.22. The van der Waals surface area contributed by atoms with E-state index in [1.54, 1.807) is 10.9 Å². The summed E-state index contributed by atoms with van der Waals surface area (Å²) in [7, 11) is 0. The van der Waals surface area contributed by atoms with E-state index in [2.05, 4.69) is 25.5 Å². The standard InChI is InChI=1S/C15H11ClN6/c16-12-5-3-10(4-6-12)13-8-14(11-2-1-7-17-9-11)22-15(18-13)19-20-21-22/h1-7,9,14H,8H2. The molecule has 3 aromatic rings. The van der Waals surface area contributed by atoms with Crippen LogP contribution in [0.1, 0.15) is 23.6 Å². The van der Waals surface area contributed by atoms with Crippen LogP contribution in [0.25, 0.3) is 0 Å². The molecular formula is C15H11ClN6. The first kappa shape index (κ1) is 13.1. The largest absolute Gasteiger partial charge is 0.269 e. The van der Waals surface area contributed by atoms with E-state index in [1.807, 2.05) is 42.6 Å². The SMILES string of the molecule is Clc1ccc(C2=Nc3nnnn3C(c3cccnc3)C2)cc1. The number of hydrogen-bond acceptors (Lipinski definition) is 5. The smallest absolute Gasteiger partial charge is 0.264 e. The summed E-state index contributed by atoms with van der Waals surface area (Å²) in [5.41, 5.74) is 3.01. The maximum atomic E-state index is 5.95. The molecule has 0 saturated heterocycles. The lowest BCUT2D eigenvalue weighted by atomic mass is 9.97. The van der Waals surface area contributed by atoms with Crippen molar-refractivity contribution in [1.82, 2.24) is 25.2 Å². The van der Waals surface area contributed by atoms with Crippen molar-refractivity contribution in [3.63, 3.8) is 0 Å². The highest BCUT2D eigenvalue weighted by Gasteiger charge is 2.26. The third-order valence-corrected chi connectivity index (χ3v) is 3.89.